The molecular formula is C21H25BrFN5O. The number of halogens is 2. The summed E-state index contributed by atoms with van der Waals surface area (Å²) in [6.45, 7) is 10.4. The first kappa shape index (κ1) is 21.2. The molecule has 0 saturated heterocycles. The molecule has 8 heteroatoms. The van der Waals surface area contributed by atoms with Crippen molar-refractivity contribution in [1.82, 2.24) is 19.9 Å². The Morgan fingerprint density at radius 1 is 1.24 bits per heavy atom. The quantitative estimate of drug-likeness (QED) is 0.485. The van der Waals surface area contributed by atoms with Gasteiger partial charge in [-0.2, -0.15) is 0 Å². The second kappa shape index (κ2) is 8.49. The molecule has 3 aromatic rings. The van der Waals surface area contributed by atoms with Crippen LogP contribution in [0.25, 0.3) is 11.0 Å². The van der Waals surface area contributed by atoms with E-state index in [1.165, 1.54) is 12.1 Å². The number of amides is 1. The van der Waals surface area contributed by atoms with E-state index in [0.29, 0.717) is 34.0 Å². The molecule has 0 aliphatic carbocycles. The van der Waals surface area contributed by atoms with Gasteiger partial charge in [0.05, 0.1) is 17.5 Å². The standard InChI is InChI=1S/C21H25BrFN5O/c1-11(2)9-24-21(29)14-7-16(15(23)6-13(14)5)26-20-19-17(8-18(22)27-20)25-10-28(19)12(3)4/h6-8,10-12H,9H2,1-5H3,(H,24,29)(H,26,27). The number of hydrogen-bond acceptors (Lipinski definition) is 4. The van der Waals surface area contributed by atoms with Crippen LogP contribution in [0.5, 0.6) is 0 Å². The first-order chi connectivity index (χ1) is 13.7. The number of nitrogens with one attached hydrogen (secondary N) is 2. The zero-order chi connectivity index (χ0) is 21.3. The summed E-state index contributed by atoms with van der Waals surface area (Å²) in [5.74, 6) is 0.122. The van der Waals surface area contributed by atoms with Crippen LogP contribution >= 0.6 is 15.9 Å². The molecule has 2 heterocycles. The first-order valence-corrected chi connectivity index (χ1v) is 10.3. The van der Waals surface area contributed by atoms with Crippen molar-refractivity contribution in [2.75, 3.05) is 11.9 Å². The van der Waals surface area contributed by atoms with Crippen molar-refractivity contribution in [1.29, 1.82) is 0 Å². The SMILES string of the molecule is Cc1cc(F)c(Nc2nc(Br)cc3ncn(C(C)C)c23)cc1C(=O)NCC(C)C. The van der Waals surface area contributed by atoms with E-state index in [9.17, 15) is 9.18 Å². The molecule has 0 fully saturated rings. The summed E-state index contributed by atoms with van der Waals surface area (Å²) in [5, 5.41) is 5.95. The second-order valence-electron chi connectivity index (χ2n) is 7.78. The number of carbonyl (C=O) groups excluding carboxylic acids is 1. The number of aromatic nitrogens is 3. The van der Waals surface area contributed by atoms with Gasteiger partial charge in [-0.1, -0.05) is 13.8 Å². The van der Waals surface area contributed by atoms with E-state index in [4.69, 9.17) is 0 Å². The summed E-state index contributed by atoms with van der Waals surface area (Å²) in [4.78, 5) is 21.5. The van der Waals surface area contributed by atoms with E-state index in [-0.39, 0.29) is 17.6 Å². The third-order valence-electron chi connectivity index (χ3n) is 4.56. The van der Waals surface area contributed by atoms with E-state index >= 15 is 0 Å². The molecule has 2 aromatic heterocycles. The minimum Gasteiger partial charge on any atom is -0.352 e. The van der Waals surface area contributed by atoms with Gasteiger partial charge in [-0.15, -0.1) is 0 Å². The molecule has 0 atom stereocenters. The molecule has 0 unspecified atom stereocenters. The van der Waals surface area contributed by atoms with Crippen molar-refractivity contribution >= 4 is 44.4 Å². The zero-order valence-corrected chi connectivity index (χ0v) is 18.8. The van der Waals surface area contributed by atoms with Crippen LogP contribution < -0.4 is 10.6 Å². The number of imidazole rings is 1. The average molecular weight is 462 g/mol. The van der Waals surface area contributed by atoms with Crippen LogP contribution in [0, 0.1) is 18.7 Å². The number of fused-ring (bicyclic) bond motifs is 1. The van der Waals surface area contributed by atoms with Gasteiger partial charge in [0.2, 0.25) is 0 Å². The molecule has 3 rings (SSSR count). The Labute approximate surface area is 178 Å². The van der Waals surface area contributed by atoms with Gasteiger partial charge in [0.1, 0.15) is 15.9 Å². The summed E-state index contributed by atoms with van der Waals surface area (Å²) in [7, 11) is 0. The molecule has 0 aliphatic rings. The lowest BCUT2D eigenvalue weighted by molar-refractivity contribution is 0.0948. The maximum Gasteiger partial charge on any atom is 0.251 e. The molecule has 0 radical (unpaired) electrons. The molecule has 154 valence electrons. The Bertz CT molecular complexity index is 1060. The fraction of sp³-hybridized carbons (Fsp3) is 0.381. The molecular weight excluding hydrogens is 437 g/mol. The van der Waals surface area contributed by atoms with E-state index in [2.05, 4.69) is 36.5 Å². The minimum absolute atomic E-state index is 0.156. The number of pyridine rings is 1. The van der Waals surface area contributed by atoms with E-state index in [1.54, 1.807) is 13.3 Å². The minimum atomic E-state index is -0.451. The molecule has 0 bridgehead atoms. The summed E-state index contributed by atoms with van der Waals surface area (Å²) >= 11 is 3.39. The lowest BCUT2D eigenvalue weighted by atomic mass is 10.1. The van der Waals surface area contributed by atoms with Crippen LogP contribution in [-0.2, 0) is 0 Å². The number of hydrogen-bond donors (Lipinski definition) is 2. The third kappa shape index (κ3) is 4.58. The van der Waals surface area contributed by atoms with Crippen molar-refractivity contribution < 1.29 is 9.18 Å². The van der Waals surface area contributed by atoms with Gasteiger partial charge in [-0.3, -0.25) is 4.79 Å². The molecule has 2 N–H and O–H groups in total. The molecule has 0 aliphatic heterocycles. The monoisotopic (exact) mass is 461 g/mol. The van der Waals surface area contributed by atoms with Crippen LogP contribution in [-0.4, -0.2) is 27.0 Å². The normalized spacial score (nSPS) is 11.5. The van der Waals surface area contributed by atoms with Gasteiger partial charge in [-0.25, -0.2) is 14.4 Å². The van der Waals surface area contributed by atoms with E-state index in [0.717, 1.165) is 11.0 Å². The summed E-state index contributed by atoms with van der Waals surface area (Å²) in [6, 6.07) is 4.87. The smallest absolute Gasteiger partial charge is 0.251 e. The Balaban J connectivity index is 2.03. The van der Waals surface area contributed by atoms with Crippen LogP contribution in [0.2, 0.25) is 0 Å². The van der Waals surface area contributed by atoms with Gasteiger partial charge >= 0.3 is 0 Å². The fourth-order valence-corrected chi connectivity index (χ4v) is 3.44. The van der Waals surface area contributed by atoms with Crippen molar-refractivity contribution in [2.45, 2.75) is 40.7 Å². The van der Waals surface area contributed by atoms with E-state index < -0.39 is 5.82 Å². The summed E-state index contributed by atoms with van der Waals surface area (Å²) in [6.07, 6.45) is 1.74. The maximum atomic E-state index is 14.7. The molecule has 6 nitrogen and oxygen atoms in total. The van der Waals surface area contributed by atoms with E-state index in [1.807, 2.05) is 38.3 Å². The highest BCUT2D eigenvalue weighted by atomic mass is 79.9. The zero-order valence-electron chi connectivity index (χ0n) is 17.2. The second-order valence-corrected chi connectivity index (χ2v) is 8.60. The van der Waals surface area contributed by atoms with Crippen LogP contribution in [0.3, 0.4) is 0 Å². The maximum absolute atomic E-state index is 14.7. The highest BCUT2D eigenvalue weighted by Gasteiger charge is 2.18. The Morgan fingerprint density at radius 2 is 1.97 bits per heavy atom. The summed E-state index contributed by atoms with van der Waals surface area (Å²) < 4.78 is 17.3. The third-order valence-corrected chi connectivity index (χ3v) is 4.97. The highest BCUT2D eigenvalue weighted by Crippen LogP contribution is 2.31. The number of benzene rings is 1. The Hall–Kier alpha value is -2.48. The van der Waals surface area contributed by atoms with Gasteiger partial charge in [-0.05, 0) is 66.4 Å². The van der Waals surface area contributed by atoms with Crippen molar-refractivity contribution in [3.05, 3.63) is 46.1 Å². The van der Waals surface area contributed by atoms with Gasteiger partial charge < -0.3 is 15.2 Å². The topological polar surface area (TPSA) is 71.8 Å². The van der Waals surface area contributed by atoms with Crippen LogP contribution in [0.15, 0.2) is 29.1 Å². The lowest BCUT2D eigenvalue weighted by Gasteiger charge is -2.15. The Kier molecular flexibility index (Phi) is 6.21. The Morgan fingerprint density at radius 3 is 2.62 bits per heavy atom. The number of aryl methyl sites for hydroxylation is 1. The fourth-order valence-electron chi connectivity index (χ4n) is 3.04. The first-order valence-electron chi connectivity index (χ1n) is 9.55. The average Bonchev–Trinajstić information content (AvgIpc) is 3.06. The summed E-state index contributed by atoms with van der Waals surface area (Å²) in [5.41, 5.74) is 2.71. The lowest BCUT2D eigenvalue weighted by Crippen LogP contribution is -2.28. The highest BCUT2D eigenvalue weighted by molar-refractivity contribution is 9.10. The van der Waals surface area contributed by atoms with Crippen LogP contribution in [0.1, 0.15) is 49.7 Å². The molecule has 1 aromatic carbocycles. The molecule has 1 amide bonds. The molecule has 29 heavy (non-hydrogen) atoms. The van der Waals surface area contributed by atoms with Crippen molar-refractivity contribution in [3.63, 3.8) is 0 Å². The number of anilines is 2. The molecule has 0 spiro atoms. The van der Waals surface area contributed by atoms with Crippen molar-refractivity contribution in [3.8, 4) is 0 Å². The molecule has 0 saturated carbocycles. The number of carbonyl (C=O) groups is 1. The van der Waals surface area contributed by atoms with Crippen LogP contribution in [0.4, 0.5) is 15.9 Å². The van der Waals surface area contributed by atoms with Crippen molar-refractivity contribution in [2.24, 2.45) is 5.92 Å². The number of rotatable bonds is 6. The predicted octanol–water partition coefficient (Wildman–Crippen LogP) is 5.35. The predicted molar refractivity (Wildman–Crippen MR) is 117 cm³/mol. The largest absolute Gasteiger partial charge is 0.352 e. The van der Waals surface area contributed by atoms with Gasteiger partial charge in [0, 0.05) is 18.2 Å². The van der Waals surface area contributed by atoms with Gasteiger partial charge in [0.15, 0.2) is 5.82 Å². The number of nitrogens with zero attached hydrogens (tertiary/aromatic N) is 3. The van der Waals surface area contributed by atoms with Gasteiger partial charge in [0.25, 0.3) is 5.91 Å².